The van der Waals surface area contributed by atoms with E-state index < -0.39 is 13.8 Å². The van der Waals surface area contributed by atoms with Gasteiger partial charge >= 0.3 is 0 Å². The van der Waals surface area contributed by atoms with Crippen molar-refractivity contribution in [2.45, 2.75) is 15.1 Å². The molecule has 1 aromatic rings. The molecule has 0 aliphatic carbocycles. The van der Waals surface area contributed by atoms with E-state index in [4.69, 9.17) is 34.8 Å². The minimum absolute atomic E-state index is 0.0235. The molecule has 0 amide bonds. The highest BCUT2D eigenvalue weighted by Gasteiger charge is 2.41. The van der Waals surface area contributed by atoms with Crippen LogP contribution in [0, 0.1) is 11.8 Å². The third kappa shape index (κ3) is 4.49. The molecular formula is C13H15BrCl3NO2S. The van der Waals surface area contributed by atoms with E-state index in [2.05, 4.69) is 15.9 Å². The molecule has 0 aromatic heterocycles. The van der Waals surface area contributed by atoms with Gasteiger partial charge in [-0.3, -0.25) is 0 Å². The van der Waals surface area contributed by atoms with Gasteiger partial charge < -0.3 is 0 Å². The molecule has 0 radical (unpaired) electrons. The van der Waals surface area contributed by atoms with Crippen LogP contribution in [0.4, 0.5) is 0 Å². The zero-order chi connectivity index (χ0) is 15.7. The Balaban J connectivity index is 2.19. The molecule has 0 bridgehead atoms. The number of sulfonamides is 1. The van der Waals surface area contributed by atoms with Crippen LogP contribution in [0.5, 0.6) is 0 Å². The third-order valence-corrected chi connectivity index (χ3v) is 6.76. The van der Waals surface area contributed by atoms with Crippen molar-refractivity contribution in [1.29, 1.82) is 0 Å². The first kappa shape index (κ1) is 17.8. The van der Waals surface area contributed by atoms with Crippen molar-refractivity contribution in [2.24, 2.45) is 11.8 Å². The van der Waals surface area contributed by atoms with Crippen LogP contribution in [0.1, 0.15) is 6.42 Å². The first-order valence-electron chi connectivity index (χ1n) is 6.42. The molecule has 0 saturated carbocycles. The minimum atomic E-state index is -3.49. The summed E-state index contributed by atoms with van der Waals surface area (Å²) in [6, 6.07) is 8.41. The van der Waals surface area contributed by atoms with E-state index in [9.17, 15) is 8.42 Å². The van der Waals surface area contributed by atoms with Gasteiger partial charge in [0.25, 0.3) is 0 Å². The number of nitrogens with zero attached hydrogens (tertiary/aromatic N) is 1. The van der Waals surface area contributed by atoms with Crippen molar-refractivity contribution < 1.29 is 8.42 Å². The lowest BCUT2D eigenvalue weighted by Crippen LogP contribution is -2.29. The summed E-state index contributed by atoms with van der Waals surface area (Å²) in [4.78, 5) is 0.299. The summed E-state index contributed by atoms with van der Waals surface area (Å²) in [6.45, 7) is 0.815. The van der Waals surface area contributed by atoms with E-state index in [0.717, 1.165) is 0 Å². The number of hydrogen-bond donors (Lipinski definition) is 0. The number of rotatable bonds is 4. The van der Waals surface area contributed by atoms with Gasteiger partial charge in [-0.2, -0.15) is 4.31 Å². The van der Waals surface area contributed by atoms with Gasteiger partial charge in [-0.25, -0.2) is 8.42 Å². The standard InChI is InChI=1S/C13H15BrCl3NO2S/c14-7-11-9-18(8-10(11)6-13(15,16)17)21(19,20)12-4-2-1-3-5-12/h1-5,10-11H,6-9H2/t10-,11+/m0/s1. The molecule has 1 aliphatic rings. The van der Waals surface area contributed by atoms with Crippen LogP contribution in [0.3, 0.4) is 0 Å². The first-order chi connectivity index (χ1) is 9.74. The molecule has 3 nitrogen and oxygen atoms in total. The highest BCUT2D eigenvalue weighted by molar-refractivity contribution is 9.09. The molecule has 1 heterocycles. The topological polar surface area (TPSA) is 37.4 Å². The molecule has 1 aliphatic heterocycles. The number of alkyl halides is 4. The Morgan fingerprint density at radius 2 is 1.71 bits per heavy atom. The van der Waals surface area contributed by atoms with E-state index in [0.29, 0.717) is 29.7 Å². The summed E-state index contributed by atoms with van der Waals surface area (Å²) in [5.74, 6) is 0.162. The molecule has 21 heavy (non-hydrogen) atoms. The van der Waals surface area contributed by atoms with Gasteiger partial charge in [-0.15, -0.1) is 0 Å². The zero-order valence-electron chi connectivity index (χ0n) is 11.1. The second-order valence-electron chi connectivity index (χ2n) is 5.13. The molecule has 2 rings (SSSR count). The number of halogens is 4. The second-order valence-corrected chi connectivity index (χ2v) is 10.2. The second kappa shape index (κ2) is 6.93. The molecule has 8 heteroatoms. The summed E-state index contributed by atoms with van der Waals surface area (Å²) in [5.41, 5.74) is 0. The third-order valence-electron chi connectivity index (χ3n) is 3.62. The molecule has 0 unspecified atom stereocenters. The van der Waals surface area contributed by atoms with Crippen molar-refractivity contribution in [3.05, 3.63) is 30.3 Å². The molecule has 2 atom stereocenters. The Kier molecular flexibility index (Phi) is 5.89. The van der Waals surface area contributed by atoms with E-state index in [1.807, 2.05) is 0 Å². The first-order valence-corrected chi connectivity index (χ1v) is 10.1. The predicted molar refractivity (Wildman–Crippen MR) is 90.9 cm³/mol. The average molecular weight is 436 g/mol. The van der Waals surface area contributed by atoms with Crippen molar-refractivity contribution in [1.82, 2.24) is 4.31 Å². The van der Waals surface area contributed by atoms with Gasteiger partial charge in [0.15, 0.2) is 3.79 Å². The Morgan fingerprint density at radius 1 is 1.14 bits per heavy atom. The van der Waals surface area contributed by atoms with Gasteiger partial charge in [-0.05, 0) is 30.4 Å². The van der Waals surface area contributed by atoms with Crippen LogP contribution in [0.25, 0.3) is 0 Å². The van der Waals surface area contributed by atoms with Crippen LogP contribution in [0.2, 0.25) is 0 Å². The van der Waals surface area contributed by atoms with Crippen LogP contribution >= 0.6 is 50.7 Å². The molecule has 1 saturated heterocycles. The highest BCUT2D eigenvalue weighted by atomic mass is 79.9. The van der Waals surface area contributed by atoms with Crippen molar-refractivity contribution in [3.8, 4) is 0 Å². The van der Waals surface area contributed by atoms with Crippen molar-refractivity contribution in [3.63, 3.8) is 0 Å². The summed E-state index contributed by atoms with van der Waals surface area (Å²) in [7, 11) is -3.49. The molecule has 1 aromatic carbocycles. The molecule has 0 N–H and O–H groups in total. The quantitative estimate of drug-likeness (QED) is 0.669. The van der Waals surface area contributed by atoms with Gasteiger partial charge in [0.2, 0.25) is 10.0 Å². The largest absolute Gasteiger partial charge is 0.243 e. The molecular weight excluding hydrogens is 420 g/mol. The Morgan fingerprint density at radius 3 is 2.24 bits per heavy atom. The summed E-state index contributed by atoms with van der Waals surface area (Å²) < 4.78 is 25.4. The van der Waals surface area contributed by atoms with E-state index in [1.165, 1.54) is 4.31 Å². The van der Waals surface area contributed by atoms with Gasteiger partial charge in [-0.1, -0.05) is 68.9 Å². The van der Waals surface area contributed by atoms with Crippen molar-refractivity contribution in [2.75, 3.05) is 18.4 Å². The zero-order valence-corrected chi connectivity index (χ0v) is 15.7. The van der Waals surface area contributed by atoms with E-state index >= 15 is 0 Å². The fraction of sp³-hybridized carbons (Fsp3) is 0.538. The lowest BCUT2D eigenvalue weighted by atomic mass is 9.95. The fourth-order valence-electron chi connectivity index (χ4n) is 2.54. The Bertz CT molecular complexity index is 577. The molecule has 1 fully saturated rings. The van der Waals surface area contributed by atoms with E-state index in [-0.39, 0.29) is 11.8 Å². The number of hydrogen-bond acceptors (Lipinski definition) is 2. The smallest absolute Gasteiger partial charge is 0.207 e. The number of benzene rings is 1. The van der Waals surface area contributed by atoms with Crippen LogP contribution in [-0.2, 0) is 10.0 Å². The SMILES string of the molecule is O=S(=O)(c1ccccc1)N1C[C@@H](CBr)[C@@H](CC(Cl)(Cl)Cl)C1. The predicted octanol–water partition coefficient (Wildman–Crippen LogP) is 4.08. The fourth-order valence-corrected chi connectivity index (χ4v) is 5.44. The monoisotopic (exact) mass is 433 g/mol. The van der Waals surface area contributed by atoms with Gasteiger partial charge in [0.1, 0.15) is 0 Å². The lowest BCUT2D eigenvalue weighted by molar-refractivity contribution is 0.428. The lowest BCUT2D eigenvalue weighted by Gasteiger charge is -2.20. The maximum absolute atomic E-state index is 12.6. The van der Waals surface area contributed by atoms with Crippen molar-refractivity contribution >= 4 is 60.8 Å². The van der Waals surface area contributed by atoms with Crippen LogP contribution in [0.15, 0.2) is 35.2 Å². The maximum Gasteiger partial charge on any atom is 0.243 e. The Labute approximate surface area is 148 Å². The summed E-state index contributed by atoms with van der Waals surface area (Å²) in [5, 5.41) is 0.680. The summed E-state index contributed by atoms with van der Waals surface area (Å²) >= 11 is 21.0. The van der Waals surface area contributed by atoms with Gasteiger partial charge in [0.05, 0.1) is 4.90 Å². The van der Waals surface area contributed by atoms with Gasteiger partial charge in [0, 0.05) is 18.4 Å². The highest BCUT2D eigenvalue weighted by Crippen LogP contribution is 2.40. The molecule has 0 spiro atoms. The minimum Gasteiger partial charge on any atom is -0.207 e. The average Bonchev–Trinajstić information content (AvgIpc) is 2.81. The van der Waals surface area contributed by atoms with Crippen LogP contribution in [-0.4, -0.2) is 34.9 Å². The summed E-state index contributed by atoms with van der Waals surface area (Å²) in [6.07, 6.45) is 0.342. The maximum atomic E-state index is 12.6. The van der Waals surface area contributed by atoms with Crippen LogP contribution < -0.4 is 0 Å². The molecule has 118 valence electrons. The normalized spacial score (nSPS) is 24.4. The Hall–Kier alpha value is 0.480. The van der Waals surface area contributed by atoms with E-state index in [1.54, 1.807) is 30.3 Å².